The van der Waals surface area contributed by atoms with E-state index in [1.807, 2.05) is 74.4 Å². The molecule has 1 aliphatic rings. The molecular formula is C42H45ClN6O5S2. The lowest BCUT2D eigenvalue weighted by Crippen LogP contribution is -2.46. The molecule has 1 heterocycles. The van der Waals surface area contributed by atoms with Crippen molar-refractivity contribution in [1.29, 1.82) is 0 Å². The van der Waals surface area contributed by atoms with Gasteiger partial charge in [-0.05, 0) is 89.8 Å². The number of nitrogens with one attached hydrogen (secondary N) is 2. The second-order valence-electron chi connectivity index (χ2n) is 13.8. The standard InChI is InChI=1S/C42H45ClN6O5S2/c1-4-34(29-55-37-10-7-9-36(26-37)46(2)3)44-40-21-20-38(27-41(40)49(51)52)56(53,54)45-42(50)31-14-18-35(19-15-31)48-24-22-47(23-25-48)28-32-8-5-6-11-39(32)30-12-16-33(43)17-13-30/h5-21,26-27,34,44H,4,22-25,28-29H2,1-3H3,(H,45,50)/t34-/m1/s1. The van der Waals surface area contributed by atoms with Gasteiger partial charge in [-0.2, -0.15) is 0 Å². The highest BCUT2D eigenvalue weighted by Gasteiger charge is 2.25. The lowest BCUT2D eigenvalue weighted by molar-refractivity contribution is -0.384. The predicted octanol–water partition coefficient (Wildman–Crippen LogP) is 8.40. The molecule has 0 bridgehead atoms. The molecule has 2 N–H and O–H groups in total. The largest absolute Gasteiger partial charge is 0.378 e. The zero-order valence-electron chi connectivity index (χ0n) is 31.5. The van der Waals surface area contributed by atoms with Gasteiger partial charge in [-0.25, -0.2) is 13.1 Å². The molecule has 0 spiro atoms. The Morgan fingerprint density at radius 1 is 0.911 bits per heavy atom. The molecule has 56 heavy (non-hydrogen) atoms. The van der Waals surface area contributed by atoms with Crippen LogP contribution in [0.2, 0.25) is 5.02 Å². The number of benzene rings is 5. The first-order chi connectivity index (χ1) is 26.9. The normalized spacial score (nSPS) is 13.9. The number of anilines is 3. The fourth-order valence-electron chi connectivity index (χ4n) is 6.52. The number of hydrogen-bond acceptors (Lipinski definition) is 10. The third kappa shape index (κ3) is 10.2. The molecule has 11 nitrogen and oxygen atoms in total. The van der Waals surface area contributed by atoms with Gasteiger partial charge >= 0.3 is 0 Å². The maximum absolute atomic E-state index is 13.3. The Morgan fingerprint density at radius 2 is 1.62 bits per heavy atom. The first-order valence-corrected chi connectivity index (χ1v) is 21.2. The van der Waals surface area contributed by atoms with Crippen LogP contribution in [-0.4, -0.2) is 76.2 Å². The Kier molecular flexibility index (Phi) is 13.2. The summed E-state index contributed by atoms with van der Waals surface area (Å²) in [6, 6.07) is 34.7. The Labute approximate surface area is 337 Å². The molecule has 14 heteroatoms. The van der Waals surface area contributed by atoms with Crippen molar-refractivity contribution >= 4 is 62.0 Å². The molecule has 292 valence electrons. The number of sulfonamides is 1. The van der Waals surface area contributed by atoms with E-state index in [-0.39, 0.29) is 22.2 Å². The van der Waals surface area contributed by atoms with E-state index in [0.717, 1.165) is 60.6 Å². The van der Waals surface area contributed by atoms with Gasteiger partial charge in [-0.1, -0.05) is 61.0 Å². The molecule has 1 atom stereocenters. The van der Waals surface area contributed by atoms with Crippen molar-refractivity contribution in [3.8, 4) is 11.1 Å². The smallest absolute Gasteiger partial charge is 0.293 e. The lowest BCUT2D eigenvalue weighted by atomic mass is 9.99. The van der Waals surface area contributed by atoms with Gasteiger partial charge in [0.05, 0.1) is 9.82 Å². The van der Waals surface area contributed by atoms with E-state index in [2.05, 4.69) is 44.1 Å². The average Bonchev–Trinajstić information content (AvgIpc) is 3.20. The molecule has 1 amide bonds. The number of carbonyl (C=O) groups excluding carboxylic acids is 1. The SMILES string of the molecule is CC[C@H](CSc1cccc(N(C)C)c1)Nc1ccc(S(=O)(=O)NC(=O)c2ccc(N3CCN(Cc4ccccc4-c4ccc(Cl)cc4)CC3)cc2)cc1[N+](=O)[O-]. The van der Waals surface area contributed by atoms with Crippen molar-refractivity contribution in [1.82, 2.24) is 9.62 Å². The third-order valence-electron chi connectivity index (χ3n) is 9.77. The fourth-order valence-corrected chi connectivity index (χ4v) is 8.73. The summed E-state index contributed by atoms with van der Waals surface area (Å²) in [5.74, 6) is -0.191. The van der Waals surface area contributed by atoms with Crippen molar-refractivity contribution in [2.24, 2.45) is 0 Å². The summed E-state index contributed by atoms with van der Waals surface area (Å²) in [6.45, 7) is 6.06. The maximum atomic E-state index is 13.3. The van der Waals surface area contributed by atoms with Gasteiger partial charge in [-0.3, -0.25) is 19.8 Å². The van der Waals surface area contributed by atoms with E-state index in [0.29, 0.717) is 17.2 Å². The molecule has 0 saturated carbocycles. The summed E-state index contributed by atoms with van der Waals surface area (Å²) in [4.78, 5) is 32.0. The van der Waals surface area contributed by atoms with Crippen LogP contribution in [-0.2, 0) is 16.6 Å². The van der Waals surface area contributed by atoms with E-state index >= 15 is 0 Å². The molecule has 5 aromatic rings. The summed E-state index contributed by atoms with van der Waals surface area (Å²) in [6.07, 6.45) is 0.684. The fraction of sp³-hybridized carbons (Fsp3) is 0.262. The van der Waals surface area contributed by atoms with Gasteiger partial charge in [0.1, 0.15) is 5.69 Å². The van der Waals surface area contributed by atoms with Gasteiger partial charge in [0.2, 0.25) is 0 Å². The number of nitro groups is 1. The molecule has 1 fully saturated rings. The monoisotopic (exact) mass is 812 g/mol. The molecular weight excluding hydrogens is 768 g/mol. The Morgan fingerprint density at radius 3 is 2.30 bits per heavy atom. The van der Waals surface area contributed by atoms with Gasteiger partial charge in [-0.15, -0.1) is 11.8 Å². The zero-order valence-corrected chi connectivity index (χ0v) is 33.9. The number of nitro benzene ring substituents is 1. The van der Waals surface area contributed by atoms with E-state index in [1.54, 1.807) is 36.0 Å². The Balaban J connectivity index is 1.04. The number of carbonyl (C=O) groups is 1. The second kappa shape index (κ2) is 18.2. The maximum Gasteiger partial charge on any atom is 0.293 e. The number of rotatable bonds is 15. The van der Waals surface area contributed by atoms with Crippen LogP contribution in [0.1, 0.15) is 29.3 Å². The third-order valence-corrected chi connectivity index (χ3v) is 12.5. The molecule has 0 unspecified atom stereocenters. The van der Waals surface area contributed by atoms with Crippen LogP contribution >= 0.6 is 23.4 Å². The van der Waals surface area contributed by atoms with Crippen molar-refractivity contribution in [2.45, 2.75) is 35.7 Å². The molecule has 1 saturated heterocycles. The molecule has 1 aliphatic heterocycles. The van der Waals surface area contributed by atoms with Crippen molar-refractivity contribution in [2.75, 3.05) is 61.1 Å². The van der Waals surface area contributed by atoms with E-state index in [9.17, 15) is 23.3 Å². The summed E-state index contributed by atoms with van der Waals surface area (Å²) in [7, 11) is -0.472. The van der Waals surface area contributed by atoms with Crippen LogP contribution in [0.25, 0.3) is 11.1 Å². The van der Waals surface area contributed by atoms with Crippen molar-refractivity contribution < 1.29 is 18.1 Å². The van der Waals surface area contributed by atoms with E-state index in [4.69, 9.17) is 11.6 Å². The first-order valence-electron chi connectivity index (χ1n) is 18.3. The van der Waals surface area contributed by atoms with E-state index in [1.165, 1.54) is 23.3 Å². The van der Waals surface area contributed by atoms with Gasteiger partial charge in [0, 0.05) is 91.5 Å². The van der Waals surface area contributed by atoms with Crippen LogP contribution in [0.4, 0.5) is 22.7 Å². The highest BCUT2D eigenvalue weighted by Crippen LogP contribution is 2.31. The summed E-state index contributed by atoms with van der Waals surface area (Å²) >= 11 is 7.74. The van der Waals surface area contributed by atoms with Gasteiger partial charge in [0.25, 0.3) is 21.6 Å². The summed E-state index contributed by atoms with van der Waals surface area (Å²) in [5.41, 5.74) is 5.51. The number of thioether (sulfide) groups is 1. The van der Waals surface area contributed by atoms with Crippen LogP contribution < -0.4 is 19.8 Å². The minimum Gasteiger partial charge on any atom is -0.378 e. The average molecular weight is 813 g/mol. The zero-order chi connectivity index (χ0) is 39.8. The quantitative estimate of drug-likeness (QED) is 0.0605. The topological polar surface area (TPSA) is 128 Å². The Hall–Kier alpha value is -5.08. The van der Waals surface area contributed by atoms with E-state index < -0.39 is 26.5 Å². The van der Waals surface area contributed by atoms with Crippen LogP contribution in [0.3, 0.4) is 0 Å². The molecule has 5 aromatic carbocycles. The number of amides is 1. The Bertz CT molecular complexity index is 2260. The predicted molar refractivity (Wildman–Crippen MR) is 228 cm³/mol. The lowest BCUT2D eigenvalue weighted by Gasteiger charge is -2.36. The summed E-state index contributed by atoms with van der Waals surface area (Å²) in [5, 5.41) is 16.0. The highest BCUT2D eigenvalue weighted by molar-refractivity contribution is 7.99. The van der Waals surface area contributed by atoms with Gasteiger partial charge in [0.15, 0.2) is 0 Å². The first kappa shape index (κ1) is 40.6. The molecule has 0 aliphatic carbocycles. The van der Waals surface area contributed by atoms with Crippen molar-refractivity contribution in [3.05, 3.63) is 142 Å². The van der Waals surface area contributed by atoms with Crippen LogP contribution in [0.15, 0.2) is 125 Å². The number of piperazine rings is 1. The van der Waals surface area contributed by atoms with Crippen LogP contribution in [0.5, 0.6) is 0 Å². The van der Waals surface area contributed by atoms with Crippen molar-refractivity contribution in [3.63, 3.8) is 0 Å². The minimum absolute atomic E-state index is 0.126. The van der Waals surface area contributed by atoms with Crippen LogP contribution in [0, 0.1) is 10.1 Å². The second-order valence-corrected chi connectivity index (χ2v) is 17.0. The molecule has 0 radical (unpaired) electrons. The summed E-state index contributed by atoms with van der Waals surface area (Å²) < 4.78 is 28.7. The number of nitrogens with zero attached hydrogens (tertiary/aromatic N) is 4. The molecule has 0 aromatic heterocycles. The molecule has 6 rings (SSSR count). The number of hydrogen-bond donors (Lipinski definition) is 2. The number of halogens is 1. The van der Waals surface area contributed by atoms with Gasteiger partial charge < -0.3 is 15.1 Å². The highest BCUT2D eigenvalue weighted by atomic mass is 35.5. The minimum atomic E-state index is -4.42.